The van der Waals surface area contributed by atoms with E-state index in [9.17, 15) is 0 Å². The predicted octanol–water partition coefficient (Wildman–Crippen LogP) is 2.41. The minimum atomic E-state index is 0.414. The molecule has 0 spiro atoms. The highest BCUT2D eigenvalue weighted by atomic mass is 16.5. The first-order valence-corrected chi connectivity index (χ1v) is 6.36. The van der Waals surface area contributed by atoms with Gasteiger partial charge in [0.2, 0.25) is 0 Å². The van der Waals surface area contributed by atoms with Crippen molar-refractivity contribution in [3.63, 3.8) is 0 Å². The summed E-state index contributed by atoms with van der Waals surface area (Å²) >= 11 is 0. The predicted molar refractivity (Wildman–Crippen MR) is 66.3 cm³/mol. The third-order valence-electron chi connectivity index (χ3n) is 3.42. The lowest BCUT2D eigenvalue weighted by Crippen LogP contribution is -2.27. The summed E-state index contributed by atoms with van der Waals surface area (Å²) in [5, 5.41) is 7.45. The van der Waals surface area contributed by atoms with Crippen LogP contribution in [0.2, 0.25) is 0 Å². The van der Waals surface area contributed by atoms with Gasteiger partial charge in [-0.2, -0.15) is 4.98 Å². The van der Waals surface area contributed by atoms with Crippen molar-refractivity contribution < 1.29 is 8.94 Å². The van der Waals surface area contributed by atoms with Crippen molar-refractivity contribution in [2.75, 3.05) is 13.1 Å². The van der Waals surface area contributed by atoms with Gasteiger partial charge in [0, 0.05) is 5.92 Å². The van der Waals surface area contributed by atoms with E-state index in [2.05, 4.69) is 15.5 Å². The van der Waals surface area contributed by atoms with Crippen molar-refractivity contribution in [2.45, 2.75) is 32.6 Å². The molecule has 1 saturated heterocycles. The van der Waals surface area contributed by atoms with Gasteiger partial charge in [0.1, 0.15) is 11.5 Å². The lowest BCUT2D eigenvalue weighted by atomic mass is 9.98. The Kier molecular flexibility index (Phi) is 2.91. The molecule has 5 nitrogen and oxygen atoms in total. The molecule has 0 aromatic carbocycles. The Balaban J connectivity index is 1.86. The average Bonchev–Trinajstić information content (AvgIpc) is 2.97. The van der Waals surface area contributed by atoms with Gasteiger partial charge in [0.05, 0.1) is 5.56 Å². The molecule has 0 bridgehead atoms. The summed E-state index contributed by atoms with van der Waals surface area (Å²) in [5.41, 5.74) is 0.903. The second-order valence-electron chi connectivity index (χ2n) is 4.81. The van der Waals surface area contributed by atoms with E-state index in [0.29, 0.717) is 11.8 Å². The first-order valence-electron chi connectivity index (χ1n) is 6.36. The molecule has 3 rings (SSSR count). The molecule has 1 fully saturated rings. The van der Waals surface area contributed by atoms with Gasteiger partial charge in [0.15, 0.2) is 5.82 Å². The molecule has 5 heteroatoms. The lowest BCUT2D eigenvalue weighted by molar-refractivity contribution is 0.391. The number of nitrogens with zero attached hydrogens (tertiary/aromatic N) is 2. The fraction of sp³-hybridized carbons (Fsp3) is 0.538. The number of aryl methyl sites for hydroxylation is 2. The lowest BCUT2D eigenvalue weighted by Gasteiger charge is -2.18. The van der Waals surface area contributed by atoms with E-state index in [1.165, 1.54) is 0 Å². The van der Waals surface area contributed by atoms with Gasteiger partial charge in [-0.1, -0.05) is 5.16 Å². The summed E-state index contributed by atoms with van der Waals surface area (Å²) in [6.45, 7) is 5.88. The van der Waals surface area contributed by atoms with Crippen LogP contribution in [0.4, 0.5) is 0 Å². The largest absolute Gasteiger partial charge is 0.466 e. The maximum atomic E-state index is 5.49. The van der Waals surface area contributed by atoms with E-state index in [1.807, 2.05) is 19.9 Å². The number of nitrogens with one attached hydrogen (secondary N) is 1. The van der Waals surface area contributed by atoms with E-state index in [1.54, 1.807) is 0 Å². The van der Waals surface area contributed by atoms with Crippen LogP contribution in [0.1, 0.15) is 36.1 Å². The Hall–Kier alpha value is -1.62. The molecular formula is C13H17N3O2. The summed E-state index contributed by atoms with van der Waals surface area (Å²) < 4.78 is 10.8. The number of furan rings is 1. The standard InChI is InChI=1S/C13H17N3O2/c1-8-7-11(9(2)17-8)13-15-12(16-18-13)10-3-5-14-6-4-10/h7,10,14H,3-6H2,1-2H3. The van der Waals surface area contributed by atoms with Crippen LogP contribution in [0.5, 0.6) is 0 Å². The smallest absolute Gasteiger partial charge is 0.261 e. The van der Waals surface area contributed by atoms with Gasteiger partial charge in [0.25, 0.3) is 5.89 Å². The minimum absolute atomic E-state index is 0.414. The SMILES string of the molecule is Cc1cc(-c2nc(C3CCNCC3)no2)c(C)o1. The third-order valence-corrected chi connectivity index (χ3v) is 3.42. The highest BCUT2D eigenvalue weighted by Gasteiger charge is 2.22. The third kappa shape index (κ3) is 2.06. The van der Waals surface area contributed by atoms with E-state index in [0.717, 1.165) is 48.8 Å². The molecule has 0 amide bonds. The van der Waals surface area contributed by atoms with Crippen LogP contribution < -0.4 is 5.32 Å². The van der Waals surface area contributed by atoms with Crippen molar-refractivity contribution in [3.8, 4) is 11.5 Å². The molecule has 2 aromatic rings. The molecule has 0 aliphatic carbocycles. The second-order valence-corrected chi connectivity index (χ2v) is 4.81. The Morgan fingerprint density at radius 3 is 2.72 bits per heavy atom. The van der Waals surface area contributed by atoms with Gasteiger partial charge in [-0.3, -0.25) is 0 Å². The molecule has 2 aromatic heterocycles. The summed E-state index contributed by atoms with van der Waals surface area (Å²) in [5.74, 6) is 3.50. The van der Waals surface area contributed by atoms with Crippen LogP contribution >= 0.6 is 0 Å². The number of rotatable bonds is 2. The number of hydrogen-bond acceptors (Lipinski definition) is 5. The normalized spacial score (nSPS) is 17.2. The van der Waals surface area contributed by atoms with Gasteiger partial charge >= 0.3 is 0 Å². The fourth-order valence-corrected chi connectivity index (χ4v) is 2.43. The van der Waals surface area contributed by atoms with Crippen LogP contribution in [-0.4, -0.2) is 23.2 Å². The molecule has 0 unspecified atom stereocenters. The van der Waals surface area contributed by atoms with Gasteiger partial charge in [-0.05, 0) is 45.8 Å². The van der Waals surface area contributed by atoms with Crippen LogP contribution in [0.15, 0.2) is 15.0 Å². The van der Waals surface area contributed by atoms with Crippen molar-refractivity contribution >= 4 is 0 Å². The monoisotopic (exact) mass is 247 g/mol. The number of hydrogen-bond donors (Lipinski definition) is 1. The molecule has 0 saturated carbocycles. The van der Waals surface area contributed by atoms with E-state index in [-0.39, 0.29) is 0 Å². The summed E-state index contributed by atoms with van der Waals surface area (Å²) in [4.78, 5) is 4.51. The number of piperidine rings is 1. The average molecular weight is 247 g/mol. The van der Waals surface area contributed by atoms with Crippen LogP contribution in [0.3, 0.4) is 0 Å². The summed E-state index contributed by atoms with van der Waals surface area (Å²) in [6, 6.07) is 1.94. The zero-order chi connectivity index (χ0) is 12.5. The second kappa shape index (κ2) is 4.57. The molecule has 3 heterocycles. The molecule has 1 aliphatic rings. The molecule has 0 radical (unpaired) electrons. The summed E-state index contributed by atoms with van der Waals surface area (Å²) in [7, 11) is 0. The van der Waals surface area contributed by atoms with E-state index in [4.69, 9.17) is 8.94 Å². The molecule has 96 valence electrons. The first kappa shape index (κ1) is 11.5. The van der Waals surface area contributed by atoms with Crippen LogP contribution in [-0.2, 0) is 0 Å². The van der Waals surface area contributed by atoms with Gasteiger partial charge in [-0.15, -0.1) is 0 Å². The zero-order valence-electron chi connectivity index (χ0n) is 10.7. The summed E-state index contributed by atoms with van der Waals surface area (Å²) in [6.07, 6.45) is 2.14. The quantitative estimate of drug-likeness (QED) is 0.882. The van der Waals surface area contributed by atoms with Crippen molar-refractivity contribution in [1.82, 2.24) is 15.5 Å². The maximum absolute atomic E-state index is 5.49. The van der Waals surface area contributed by atoms with Crippen molar-refractivity contribution in [2.24, 2.45) is 0 Å². The fourth-order valence-electron chi connectivity index (χ4n) is 2.43. The highest BCUT2D eigenvalue weighted by Crippen LogP contribution is 2.28. The van der Waals surface area contributed by atoms with Gasteiger partial charge in [-0.25, -0.2) is 0 Å². The van der Waals surface area contributed by atoms with Crippen LogP contribution in [0, 0.1) is 13.8 Å². The first-order chi connectivity index (χ1) is 8.74. The topological polar surface area (TPSA) is 64.1 Å². The Morgan fingerprint density at radius 1 is 1.28 bits per heavy atom. The van der Waals surface area contributed by atoms with E-state index < -0.39 is 0 Å². The molecular weight excluding hydrogens is 230 g/mol. The van der Waals surface area contributed by atoms with Gasteiger partial charge < -0.3 is 14.3 Å². The molecule has 1 N–H and O–H groups in total. The Bertz CT molecular complexity index is 538. The van der Waals surface area contributed by atoms with Crippen molar-refractivity contribution in [1.29, 1.82) is 0 Å². The molecule has 18 heavy (non-hydrogen) atoms. The minimum Gasteiger partial charge on any atom is -0.466 e. The van der Waals surface area contributed by atoms with Crippen molar-refractivity contribution in [3.05, 3.63) is 23.4 Å². The number of aromatic nitrogens is 2. The Morgan fingerprint density at radius 2 is 2.06 bits per heavy atom. The van der Waals surface area contributed by atoms with E-state index >= 15 is 0 Å². The highest BCUT2D eigenvalue weighted by molar-refractivity contribution is 5.56. The molecule has 0 atom stereocenters. The van der Waals surface area contributed by atoms with Crippen LogP contribution in [0.25, 0.3) is 11.5 Å². The molecule has 1 aliphatic heterocycles. The maximum Gasteiger partial charge on any atom is 0.261 e. The Labute approximate surface area is 106 Å². The zero-order valence-corrected chi connectivity index (χ0v) is 10.7.